The summed E-state index contributed by atoms with van der Waals surface area (Å²) in [6.45, 7) is 0. The zero-order valence-electron chi connectivity index (χ0n) is 4.75. The molecule has 0 aliphatic carbocycles. The number of thioether (sulfide) groups is 1. The Morgan fingerprint density at radius 1 is 1.22 bits per heavy atom. The molecule has 0 aromatic heterocycles. The summed E-state index contributed by atoms with van der Waals surface area (Å²) in [5.74, 6) is 0. The van der Waals surface area contributed by atoms with E-state index in [1.54, 1.807) is 5.21 Å². The standard InChI is InChI=1S/C7H6ClS/c8-6-9-7-4-2-1-3-5-7/h1-6H. The van der Waals surface area contributed by atoms with Crippen LogP contribution in [0.15, 0.2) is 35.2 Å². The van der Waals surface area contributed by atoms with E-state index in [1.165, 1.54) is 16.7 Å². The topological polar surface area (TPSA) is 0 Å². The molecule has 1 rings (SSSR count). The SMILES string of the molecule is Cl[CH]Sc1ccccc1. The zero-order chi connectivity index (χ0) is 6.53. The molecular weight excluding hydrogens is 152 g/mol. The van der Waals surface area contributed by atoms with Crippen molar-refractivity contribution in [3.8, 4) is 0 Å². The summed E-state index contributed by atoms with van der Waals surface area (Å²) in [5, 5.41) is 1.55. The number of rotatable bonds is 2. The predicted octanol–water partition coefficient (Wildman–Crippen LogP) is 3.14. The Morgan fingerprint density at radius 3 is 2.44 bits per heavy atom. The molecule has 0 amide bonds. The molecule has 0 aliphatic rings. The van der Waals surface area contributed by atoms with E-state index < -0.39 is 0 Å². The summed E-state index contributed by atoms with van der Waals surface area (Å²) in [7, 11) is 0. The second kappa shape index (κ2) is 3.80. The van der Waals surface area contributed by atoms with Crippen molar-refractivity contribution in [1.29, 1.82) is 0 Å². The van der Waals surface area contributed by atoms with Gasteiger partial charge < -0.3 is 0 Å². The summed E-state index contributed by atoms with van der Waals surface area (Å²) in [6, 6.07) is 10.00. The van der Waals surface area contributed by atoms with Gasteiger partial charge >= 0.3 is 0 Å². The van der Waals surface area contributed by atoms with Crippen molar-refractivity contribution in [3.63, 3.8) is 0 Å². The first-order valence-electron chi connectivity index (χ1n) is 2.57. The lowest BCUT2D eigenvalue weighted by Gasteiger charge is -1.91. The molecule has 0 saturated heterocycles. The van der Waals surface area contributed by atoms with Crippen LogP contribution in [-0.4, -0.2) is 0 Å². The number of halogens is 1. The minimum absolute atomic E-state index is 1.17. The van der Waals surface area contributed by atoms with Crippen LogP contribution in [0.2, 0.25) is 0 Å². The molecule has 9 heavy (non-hydrogen) atoms. The summed E-state index contributed by atoms with van der Waals surface area (Å²) >= 11 is 6.89. The van der Waals surface area contributed by atoms with Crippen LogP contribution in [0.4, 0.5) is 0 Å². The fraction of sp³-hybridized carbons (Fsp3) is 0. The number of hydrogen-bond acceptors (Lipinski definition) is 1. The molecular formula is C7H6ClS. The molecule has 0 atom stereocenters. The highest BCUT2D eigenvalue weighted by atomic mass is 35.5. The Morgan fingerprint density at radius 2 is 1.89 bits per heavy atom. The van der Waals surface area contributed by atoms with Gasteiger partial charge in [0.15, 0.2) is 0 Å². The summed E-state index contributed by atoms with van der Waals surface area (Å²) in [5.41, 5.74) is 0. The van der Waals surface area contributed by atoms with Crippen LogP contribution in [0.25, 0.3) is 0 Å². The molecule has 1 aromatic rings. The normalized spacial score (nSPS) is 9.44. The van der Waals surface area contributed by atoms with Crippen molar-refractivity contribution in [2.45, 2.75) is 4.90 Å². The molecule has 47 valence electrons. The Bertz CT molecular complexity index is 162. The van der Waals surface area contributed by atoms with Crippen molar-refractivity contribution >= 4 is 23.4 Å². The Kier molecular flexibility index (Phi) is 2.95. The van der Waals surface area contributed by atoms with Crippen LogP contribution in [0.3, 0.4) is 0 Å². The lowest BCUT2D eigenvalue weighted by molar-refractivity contribution is 1.47. The maximum atomic E-state index is 5.37. The molecule has 0 saturated carbocycles. The first-order chi connectivity index (χ1) is 4.43. The van der Waals surface area contributed by atoms with Crippen LogP contribution >= 0.6 is 23.4 Å². The molecule has 0 unspecified atom stereocenters. The van der Waals surface area contributed by atoms with Crippen LogP contribution < -0.4 is 0 Å². The highest BCUT2D eigenvalue weighted by molar-refractivity contribution is 8.02. The van der Waals surface area contributed by atoms with Crippen molar-refractivity contribution in [1.82, 2.24) is 0 Å². The third-order valence-electron chi connectivity index (χ3n) is 0.924. The molecule has 2 heteroatoms. The predicted molar refractivity (Wildman–Crippen MR) is 42.5 cm³/mol. The van der Waals surface area contributed by atoms with Crippen LogP contribution in [-0.2, 0) is 0 Å². The largest absolute Gasteiger partial charge is 0.109 e. The number of hydrogen-bond donors (Lipinski definition) is 0. The highest BCUT2D eigenvalue weighted by Gasteiger charge is 1.86. The zero-order valence-corrected chi connectivity index (χ0v) is 6.32. The monoisotopic (exact) mass is 157 g/mol. The Labute approximate surface area is 64.2 Å². The van der Waals surface area contributed by atoms with Gasteiger partial charge in [0.1, 0.15) is 5.21 Å². The van der Waals surface area contributed by atoms with Gasteiger partial charge in [-0.2, -0.15) is 0 Å². The van der Waals surface area contributed by atoms with Gasteiger partial charge in [-0.05, 0) is 12.1 Å². The quantitative estimate of drug-likeness (QED) is 0.595. The van der Waals surface area contributed by atoms with Crippen LogP contribution in [0.1, 0.15) is 0 Å². The van der Waals surface area contributed by atoms with E-state index in [0.717, 1.165) is 0 Å². The summed E-state index contributed by atoms with van der Waals surface area (Å²) < 4.78 is 0. The second-order valence-electron chi connectivity index (χ2n) is 1.52. The fourth-order valence-electron chi connectivity index (χ4n) is 0.550. The van der Waals surface area contributed by atoms with E-state index in [-0.39, 0.29) is 0 Å². The van der Waals surface area contributed by atoms with Gasteiger partial charge in [-0.15, -0.1) is 23.4 Å². The van der Waals surface area contributed by atoms with Gasteiger partial charge in [-0.25, -0.2) is 0 Å². The lowest BCUT2D eigenvalue weighted by atomic mass is 10.4. The average Bonchev–Trinajstić information content (AvgIpc) is 1.91. The average molecular weight is 158 g/mol. The Hall–Kier alpha value is -0.140. The van der Waals surface area contributed by atoms with Crippen molar-refractivity contribution in [2.75, 3.05) is 0 Å². The molecule has 0 fully saturated rings. The van der Waals surface area contributed by atoms with Gasteiger partial charge in [0, 0.05) is 4.90 Å². The molecule has 0 aliphatic heterocycles. The van der Waals surface area contributed by atoms with E-state index >= 15 is 0 Å². The first-order valence-corrected chi connectivity index (χ1v) is 3.88. The maximum Gasteiger partial charge on any atom is 0.109 e. The van der Waals surface area contributed by atoms with E-state index in [1.807, 2.05) is 30.3 Å². The van der Waals surface area contributed by atoms with Gasteiger partial charge in [0.25, 0.3) is 0 Å². The second-order valence-corrected chi connectivity index (χ2v) is 2.94. The molecule has 0 nitrogen and oxygen atoms in total. The van der Waals surface area contributed by atoms with Gasteiger partial charge in [0.2, 0.25) is 0 Å². The van der Waals surface area contributed by atoms with Crippen LogP contribution in [0.5, 0.6) is 0 Å². The molecule has 1 aromatic carbocycles. The van der Waals surface area contributed by atoms with E-state index in [2.05, 4.69) is 0 Å². The third kappa shape index (κ3) is 2.29. The van der Waals surface area contributed by atoms with Gasteiger partial charge in [-0.1, -0.05) is 18.2 Å². The minimum Gasteiger partial charge on any atom is -0.108 e. The fourth-order valence-corrected chi connectivity index (χ4v) is 1.28. The van der Waals surface area contributed by atoms with E-state index in [0.29, 0.717) is 0 Å². The van der Waals surface area contributed by atoms with Crippen LogP contribution in [0, 0.1) is 5.21 Å². The molecule has 0 N–H and O–H groups in total. The third-order valence-corrected chi connectivity index (χ3v) is 1.82. The highest BCUT2D eigenvalue weighted by Crippen LogP contribution is 2.20. The van der Waals surface area contributed by atoms with E-state index in [4.69, 9.17) is 11.6 Å². The number of benzene rings is 1. The van der Waals surface area contributed by atoms with E-state index in [9.17, 15) is 0 Å². The van der Waals surface area contributed by atoms with Crippen molar-refractivity contribution in [3.05, 3.63) is 35.5 Å². The summed E-state index contributed by atoms with van der Waals surface area (Å²) in [6.07, 6.45) is 0. The molecule has 0 spiro atoms. The molecule has 0 heterocycles. The Balaban J connectivity index is 2.61. The minimum atomic E-state index is 1.17. The lowest BCUT2D eigenvalue weighted by Crippen LogP contribution is -1.63. The first kappa shape index (κ1) is 6.97. The molecule has 0 bridgehead atoms. The maximum absolute atomic E-state index is 5.37. The van der Waals surface area contributed by atoms with Crippen molar-refractivity contribution < 1.29 is 0 Å². The molecule has 1 radical (unpaired) electrons. The summed E-state index contributed by atoms with van der Waals surface area (Å²) in [4.78, 5) is 1.17. The van der Waals surface area contributed by atoms with Gasteiger partial charge in [0.05, 0.1) is 0 Å². The smallest absolute Gasteiger partial charge is 0.108 e. The van der Waals surface area contributed by atoms with Gasteiger partial charge in [-0.3, -0.25) is 0 Å². The van der Waals surface area contributed by atoms with Crippen molar-refractivity contribution in [2.24, 2.45) is 0 Å².